The Kier molecular flexibility index (Phi) is 6.96. The van der Waals surface area contributed by atoms with Crippen LogP contribution in [0.3, 0.4) is 0 Å². The second-order valence-electron chi connectivity index (χ2n) is 10.1. The zero-order valence-electron chi connectivity index (χ0n) is 25.8. The monoisotopic (exact) mass is 578 g/mol. The smallest absolute Gasteiger partial charge is 0.411 e. The van der Waals surface area contributed by atoms with E-state index in [0.29, 0.717) is 39.0 Å². The van der Waals surface area contributed by atoms with E-state index >= 15 is 0 Å². The van der Waals surface area contributed by atoms with Gasteiger partial charge in [0.2, 0.25) is 0 Å². The standard InChI is InChI=1S/C31H33N3O6S/c1-20-8-4-7-11-29(20)41(37,38)33-30(35)22-13-12-21(28(17-22)39-3)16-23-19-34(2)27-15-14-24(18-26(23)27)32-31(36)40-25-9-5-6-10-25/h4,7-8,11-15,17-19,25H,5-6,9-10,16H2,1-3H3,(H,32,36)(H,33,35)/i2D3. The van der Waals surface area contributed by atoms with E-state index in [-0.39, 0.29) is 23.0 Å². The van der Waals surface area contributed by atoms with Crippen molar-refractivity contribution in [3.63, 3.8) is 0 Å². The summed E-state index contributed by atoms with van der Waals surface area (Å²) < 4.78 is 64.1. The highest BCUT2D eigenvalue weighted by Crippen LogP contribution is 2.30. The molecule has 0 radical (unpaired) electrons. The Labute approximate surface area is 243 Å². The van der Waals surface area contributed by atoms with Crippen LogP contribution in [0, 0.1) is 6.92 Å². The van der Waals surface area contributed by atoms with Crippen molar-refractivity contribution in [3.05, 3.63) is 89.1 Å². The summed E-state index contributed by atoms with van der Waals surface area (Å²) in [5.74, 6) is -0.507. The summed E-state index contributed by atoms with van der Waals surface area (Å²) in [6, 6.07) is 15.9. The van der Waals surface area contributed by atoms with Crippen LogP contribution < -0.4 is 14.8 Å². The number of hydrogen-bond acceptors (Lipinski definition) is 6. The lowest BCUT2D eigenvalue weighted by Gasteiger charge is -2.13. The number of aromatic nitrogens is 1. The van der Waals surface area contributed by atoms with E-state index in [4.69, 9.17) is 13.6 Å². The number of nitrogens with one attached hydrogen (secondary N) is 2. The van der Waals surface area contributed by atoms with Gasteiger partial charge in [-0.25, -0.2) is 17.9 Å². The zero-order chi connectivity index (χ0) is 31.6. The molecule has 0 saturated heterocycles. The van der Waals surface area contributed by atoms with E-state index in [0.717, 1.165) is 25.7 Å². The van der Waals surface area contributed by atoms with Crippen molar-refractivity contribution in [2.45, 2.75) is 50.0 Å². The van der Waals surface area contributed by atoms with Gasteiger partial charge in [0.25, 0.3) is 15.9 Å². The van der Waals surface area contributed by atoms with Crippen LogP contribution in [0.25, 0.3) is 10.9 Å². The molecule has 1 aliphatic rings. The third-order valence-electron chi connectivity index (χ3n) is 7.25. The first-order valence-electron chi connectivity index (χ1n) is 14.8. The van der Waals surface area contributed by atoms with E-state index < -0.39 is 29.0 Å². The highest BCUT2D eigenvalue weighted by Gasteiger charge is 2.22. The van der Waals surface area contributed by atoms with Gasteiger partial charge in [-0.3, -0.25) is 10.1 Å². The Hall–Kier alpha value is -4.31. The average Bonchev–Trinajstić information content (AvgIpc) is 3.60. The summed E-state index contributed by atoms with van der Waals surface area (Å²) in [6.45, 7) is -0.817. The number of carbonyl (C=O) groups is 2. The number of amides is 2. The molecule has 214 valence electrons. The molecule has 9 nitrogen and oxygen atoms in total. The molecule has 0 atom stereocenters. The molecule has 3 aromatic carbocycles. The van der Waals surface area contributed by atoms with E-state index in [1.165, 1.54) is 36.1 Å². The molecule has 0 bridgehead atoms. The fourth-order valence-corrected chi connectivity index (χ4v) is 6.37. The summed E-state index contributed by atoms with van der Waals surface area (Å²) in [7, 11) is -2.68. The zero-order valence-corrected chi connectivity index (χ0v) is 23.6. The molecule has 1 heterocycles. The summed E-state index contributed by atoms with van der Waals surface area (Å²) in [5.41, 5.74) is 2.75. The van der Waals surface area contributed by atoms with Crippen LogP contribution in [0.5, 0.6) is 5.75 Å². The van der Waals surface area contributed by atoms with Gasteiger partial charge >= 0.3 is 6.09 Å². The predicted octanol–water partition coefficient (Wildman–Crippen LogP) is 5.70. The Balaban J connectivity index is 1.42. The maximum atomic E-state index is 12.9. The van der Waals surface area contributed by atoms with Crippen LogP contribution in [0.1, 0.15) is 56.8 Å². The number of carbonyl (C=O) groups excluding carboxylic acids is 2. The first-order chi connectivity index (χ1) is 20.9. The number of fused-ring (bicyclic) bond motifs is 1. The van der Waals surface area contributed by atoms with E-state index in [1.54, 1.807) is 49.4 Å². The Bertz CT molecular complexity index is 1830. The van der Waals surface area contributed by atoms with Crippen molar-refractivity contribution in [3.8, 4) is 5.75 Å². The molecular weight excluding hydrogens is 542 g/mol. The summed E-state index contributed by atoms with van der Waals surface area (Å²) >= 11 is 0. The van der Waals surface area contributed by atoms with Crippen molar-refractivity contribution in [2.24, 2.45) is 6.98 Å². The number of benzene rings is 3. The fourth-order valence-electron chi connectivity index (χ4n) is 5.15. The molecule has 4 aromatic rings. The van der Waals surface area contributed by atoms with Gasteiger partial charge in [0, 0.05) is 45.9 Å². The van der Waals surface area contributed by atoms with Gasteiger partial charge in [-0.05, 0) is 85.7 Å². The van der Waals surface area contributed by atoms with Crippen molar-refractivity contribution in [2.75, 3.05) is 12.4 Å². The molecule has 0 spiro atoms. The van der Waals surface area contributed by atoms with Gasteiger partial charge < -0.3 is 14.0 Å². The number of aryl methyl sites for hydroxylation is 2. The minimum atomic E-state index is -4.11. The van der Waals surface area contributed by atoms with E-state index in [1.807, 2.05) is 0 Å². The molecule has 0 unspecified atom stereocenters. The lowest BCUT2D eigenvalue weighted by atomic mass is 10.0. The molecule has 2 amide bonds. The molecule has 1 aromatic heterocycles. The summed E-state index contributed by atoms with van der Waals surface area (Å²) in [6.07, 6.45) is 4.81. The van der Waals surface area contributed by atoms with Crippen molar-refractivity contribution in [1.82, 2.24) is 9.29 Å². The fraction of sp³-hybridized carbons (Fsp3) is 0.290. The normalized spacial score (nSPS) is 15.1. The molecule has 0 aliphatic heterocycles. The largest absolute Gasteiger partial charge is 0.496 e. The Morgan fingerprint density at radius 3 is 2.56 bits per heavy atom. The Morgan fingerprint density at radius 1 is 1.05 bits per heavy atom. The van der Waals surface area contributed by atoms with Gasteiger partial charge in [0.05, 0.1) is 12.0 Å². The molecule has 1 saturated carbocycles. The molecular formula is C31H33N3O6S. The van der Waals surface area contributed by atoms with Crippen molar-refractivity contribution >= 4 is 38.6 Å². The molecule has 10 heteroatoms. The molecule has 5 rings (SSSR count). The van der Waals surface area contributed by atoms with Crippen molar-refractivity contribution < 1.29 is 31.6 Å². The highest BCUT2D eigenvalue weighted by atomic mass is 32.2. The van der Waals surface area contributed by atoms with Gasteiger partial charge in [-0.1, -0.05) is 24.3 Å². The molecule has 1 aliphatic carbocycles. The van der Waals surface area contributed by atoms with Crippen LogP contribution in [-0.2, 0) is 28.2 Å². The SMILES string of the molecule is [2H]C([2H])([2H])n1cc(Cc2ccc(C(=O)NS(=O)(=O)c3ccccc3C)cc2OC)c2cc(NC(=O)OC3CCCC3)ccc21. The highest BCUT2D eigenvalue weighted by molar-refractivity contribution is 7.90. The average molecular weight is 579 g/mol. The lowest BCUT2D eigenvalue weighted by Crippen LogP contribution is -2.31. The number of ether oxygens (including phenoxy) is 2. The number of nitrogens with zero attached hydrogens (tertiary/aromatic N) is 1. The van der Waals surface area contributed by atoms with Gasteiger partial charge in [-0.2, -0.15) is 0 Å². The van der Waals surface area contributed by atoms with Crippen LogP contribution in [-0.4, -0.2) is 38.2 Å². The second-order valence-corrected chi connectivity index (χ2v) is 11.7. The topological polar surface area (TPSA) is 116 Å². The number of methoxy groups -OCH3 is 1. The minimum Gasteiger partial charge on any atom is -0.496 e. The van der Waals surface area contributed by atoms with Gasteiger partial charge in [0.15, 0.2) is 0 Å². The summed E-state index contributed by atoms with van der Waals surface area (Å²) in [4.78, 5) is 25.4. The number of rotatable bonds is 8. The van der Waals surface area contributed by atoms with E-state index in [9.17, 15) is 18.0 Å². The Morgan fingerprint density at radius 2 is 1.83 bits per heavy atom. The minimum absolute atomic E-state index is 0.00300. The molecule has 41 heavy (non-hydrogen) atoms. The third-order valence-corrected chi connectivity index (χ3v) is 8.74. The van der Waals surface area contributed by atoms with Crippen LogP contribution in [0.4, 0.5) is 10.5 Å². The summed E-state index contributed by atoms with van der Waals surface area (Å²) in [5, 5.41) is 3.35. The lowest BCUT2D eigenvalue weighted by molar-refractivity contribution is 0.0980. The van der Waals surface area contributed by atoms with Crippen molar-refractivity contribution in [1.29, 1.82) is 0 Å². The number of anilines is 1. The van der Waals surface area contributed by atoms with Gasteiger partial charge in [0.1, 0.15) is 11.9 Å². The maximum absolute atomic E-state index is 12.9. The molecule has 1 fully saturated rings. The second kappa shape index (κ2) is 11.7. The first kappa shape index (κ1) is 24.5. The number of sulfonamides is 1. The third kappa shape index (κ3) is 6.22. The maximum Gasteiger partial charge on any atom is 0.411 e. The van der Waals surface area contributed by atoms with Crippen LogP contribution in [0.15, 0.2) is 71.8 Å². The molecule has 2 N–H and O–H groups in total. The number of hydrogen-bond donors (Lipinski definition) is 2. The van der Waals surface area contributed by atoms with Crippen LogP contribution >= 0.6 is 0 Å². The quantitative estimate of drug-likeness (QED) is 0.277. The predicted molar refractivity (Wildman–Crippen MR) is 157 cm³/mol. The van der Waals surface area contributed by atoms with E-state index in [2.05, 4.69) is 10.0 Å². The first-order valence-corrected chi connectivity index (χ1v) is 14.8. The van der Waals surface area contributed by atoms with Crippen LogP contribution in [0.2, 0.25) is 0 Å². The van der Waals surface area contributed by atoms with Gasteiger partial charge in [-0.15, -0.1) is 0 Å².